The molecule has 2 atom stereocenters. The second-order valence-electron chi connectivity index (χ2n) is 5.31. The van der Waals surface area contributed by atoms with Crippen LogP contribution < -0.4 is 14.8 Å². The van der Waals surface area contributed by atoms with Gasteiger partial charge in [-0.1, -0.05) is 27.2 Å². The van der Waals surface area contributed by atoms with Crippen LogP contribution in [0.15, 0.2) is 18.2 Å². The van der Waals surface area contributed by atoms with Crippen molar-refractivity contribution in [1.29, 1.82) is 0 Å². The summed E-state index contributed by atoms with van der Waals surface area (Å²) < 4.78 is 10.9. The molecule has 1 aromatic carbocycles. The van der Waals surface area contributed by atoms with Gasteiger partial charge in [0.1, 0.15) is 11.5 Å². The quantitative estimate of drug-likeness (QED) is 0.735. The Labute approximate surface area is 123 Å². The van der Waals surface area contributed by atoms with Crippen molar-refractivity contribution in [1.82, 2.24) is 5.32 Å². The predicted molar refractivity (Wildman–Crippen MR) is 84.7 cm³/mol. The van der Waals surface area contributed by atoms with Crippen molar-refractivity contribution in [3.63, 3.8) is 0 Å². The van der Waals surface area contributed by atoms with Gasteiger partial charge in [0.25, 0.3) is 0 Å². The van der Waals surface area contributed by atoms with Crippen LogP contribution in [0.25, 0.3) is 0 Å². The van der Waals surface area contributed by atoms with E-state index in [0.29, 0.717) is 12.0 Å². The molecule has 0 bridgehead atoms. The van der Waals surface area contributed by atoms with Gasteiger partial charge in [-0.3, -0.25) is 0 Å². The van der Waals surface area contributed by atoms with Crippen LogP contribution in [0, 0.1) is 5.92 Å². The first-order valence-electron chi connectivity index (χ1n) is 7.63. The molecule has 1 rings (SSSR count). The van der Waals surface area contributed by atoms with E-state index < -0.39 is 0 Å². The van der Waals surface area contributed by atoms with E-state index in [1.807, 2.05) is 12.1 Å². The highest BCUT2D eigenvalue weighted by molar-refractivity contribution is 5.42. The smallest absolute Gasteiger partial charge is 0.123 e. The van der Waals surface area contributed by atoms with Crippen LogP contribution >= 0.6 is 0 Å². The second kappa shape index (κ2) is 8.85. The van der Waals surface area contributed by atoms with Gasteiger partial charge in [-0.2, -0.15) is 0 Å². The molecule has 0 spiro atoms. The molecule has 20 heavy (non-hydrogen) atoms. The van der Waals surface area contributed by atoms with Gasteiger partial charge in [0.05, 0.1) is 14.2 Å². The van der Waals surface area contributed by atoms with Crippen molar-refractivity contribution in [2.24, 2.45) is 5.92 Å². The molecule has 0 heterocycles. The van der Waals surface area contributed by atoms with Crippen LogP contribution in [0.5, 0.6) is 11.5 Å². The molecule has 0 saturated heterocycles. The molecule has 0 aliphatic rings. The molecule has 0 aliphatic carbocycles. The van der Waals surface area contributed by atoms with Gasteiger partial charge in [0.15, 0.2) is 0 Å². The fraction of sp³-hybridized carbons (Fsp3) is 0.647. The summed E-state index contributed by atoms with van der Waals surface area (Å²) in [4.78, 5) is 0. The first kappa shape index (κ1) is 16.8. The van der Waals surface area contributed by atoms with Gasteiger partial charge >= 0.3 is 0 Å². The maximum Gasteiger partial charge on any atom is 0.123 e. The highest BCUT2D eigenvalue weighted by Gasteiger charge is 2.22. The van der Waals surface area contributed by atoms with Gasteiger partial charge < -0.3 is 14.8 Å². The van der Waals surface area contributed by atoms with Crippen molar-refractivity contribution >= 4 is 0 Å². The number of hydrogen-bond acceptors (Lipinski definition) is 3. The van der Waals surface area contributed by atoms with Crippen LogP contribution in [-0.2, 0) is 0 Å². The van der Waals surface area contributed by atoms with Crippen molar-refractivity contribution in [3.05, 3.63) is 23.8 Å². The van der Waals surface area contributed by atoms with Crippen LogP contribution in [0.2, 0.25) is 0 Å². The summed E-state index contributed by atoms with van der Waals surface area (Å²) in [5, 5.41) is 3.66. The van der Waals surface area contributed by atoms with E-state index >= 15 is 0 Å². The Kier molecular flexibility index (Phi) is 7.45. The third kappa shape index (κ3) is 4.41. The first-order valence-corrected chi connectivity index (χ1v) is 7.63. The van der Waals surface area contributed by atoms with Gasteiger partial charge in [0.2, 0.25) is 0 Å². The van der Waals surface area contributed by atoms with Crippen LogP contribution in [0.1, 0.15) is 51.6 Å². The molecule has 114 valence electrons. The number of methoxy groups -OCH3 is 2. The fourth-order valence-corrected chi connectivity index (χ4v) is 2.62. The molecular weight excluding hydrogens is 250 g/mol. The topological polar surface area (TPSA) is 30.5 Å². The molecule has 0 aromatic heterocycles. The summed E-state index contributed by atoms with van der Waals surface area (Å²) in [6.07, 6.45) is 3.52. The standard InChI is InChI=1S/C17H29NO2/c1-6-8-13(3)17(18-11-7-2)15-12-14(19-4)9-10-16(15)20-5/h9-10,12-13,17-18H,6-8,11H2,1-5H3. The molecule has 1 aromatic rings. The monoisotopic (exact) mass is 279 g/mol. The lowest BCUT2D eigenvalue weighted by Gasteiger charge is -2.27. The molecule has 2 unspecified atom stereocenters. The van der Waals surface area contributed by atoms with Gasteiger partial charge in [-0.25, -0.2) is 0 Å². The third-order valence-corrected chi connectivity index (χ3v) is 3.70. The van der Waals surface area contributed by atoms with E-state index in [4.69, 9.17) is 9.47 Å². The van der Waals surface area contributed by atoms with Crippen LogP contribution in [-0.4, -0.2) is 20.8 Å². The summed E-state index contributed by atoms with van der Waals surface area (Å²) in [6, 6.07) is 6.34. The lowest BCUT2D eigenvalue weighted by atomic mass is 9.90. The van der Waals surface area contributed by atoms with Crippen molar-refractivity contribution in [2.75, 3.05) is 20.8 Å². The Bertz CT molecular complexity index is 393. The predicted octanol–water partition coefficient (Wildman–Crippen LogP) is 4.18. The normalized spacial score (nSPS) is 13.8. The Morgan fingerprint density at radius 3 is 2.40 bits per heavy atom. The van der Waals surface area contributed by atoms with Crippen molar-refractivity contribution < 1.29 is 9.47 Å². The largest absolute Gasteiger partial charge is 0.497 e. The van der Waals surface area contributed by atoms with E-state index in [9.17, 15) is 0 Å². The van der Waals surface area contributed by atoms with Gasteiger partial charge in [0, 0.05) is 11.6 Å². The molecule has 3 nitrogen and oxygen atoms in total. The molecule has 3 heteroatoms. The molecule has 0 aliphatic heterocycles. The Balaban J connectivity index is 3.09. The van der Waals surface area contributed by atoms with E-state index in [2.05, 4.69) is 32.2 Å². The molecule has 0 saturated carbocycles. The molecule has 1 N–H and O–H groups in total. The number of rotatable bonds is 9. The summed E-state index contributed by atoms with van der Waals surface area (Å²) in [7, 11) is 3.43. The highest BCUT2D eigenvalue weighted by Crippen LogP contribution is 2.34. The maximum absolute atomic E-state index is 5.54. The zero-order chi connectivity index (χ0) is 15.0. The van der Waals surface area contributed by atoms with E-state index in [-0.39, 0.29) is 0 Å². The molecule has 0 fully saturated rings. The van der Waals surface area contributed by atoms with E-state index in [1.54, 1.807) is 14.2 Å². The molecule has 0 amide bonds. The van der Waals surface area contributed by atoms with E-state index in [0.717, 1.165) is 24.5 Å². The minimum atomic E-state index is 0.306. The summed E-state index contributed by atoms with van der Waals surface area (Å²) in [6.45, 7) is 7.74. The van der Waals surface area contributed by atoms with Crippen LogP contribution in [0.4, 0.5) is 0 Å². The zero-order valence-electron chi connectivity index (χ0n) is 13.5. The summed E-state index contributed by atoms with van der Waals surface area (Å²) >= 11 is 0. The maximum atomic E-state index is 5.54. The number of hydrogen-bond donors (Lipinski definition) is 1. The van der Waals surface area contributed by atoms with Crippen molar-refractivity contribution in [2.45, 2.75) is 46.1 Å². The average Bonchev–Trinajstić information content (AvgIpc) is 2.47. The molecule has 0 radical (unpaired) electrons. The minimum Gasteiger partial charge on any atom is -0.497 e. The number of nitrogens with one attached hydrogen (secondary N) is 1. The first-order chi connectivity index (χ1) is 9.67. The fourth-order valence-electron chi connectivity index (χ4n) is 2.62. The Hall–Kier alpha value is -1.22. The van der Waals surface area contributed by atoms with Gasteiger partial charge in [-0.15, -0.1) is 0 Å². The lowest BCUT2D eigenvalue weighted by Crippen LogP contribution is -2.28. The van der Waals surface area contributed by atoms with Crippen LogP contribution in [0.3, 0.4) is 0 Å². The molecular formula is C17H29NO2. The number of benzene rings is 1. The second-order valence-corrected chi connectivity index (χ2v) is 5.31. The van der Waals surface area contributed by atoms with Crippen molar-refractivity contribution in [3.8, 4) is 11.5 Å². The Morgan fingerprint density at radius 2 is 1.85 bits per heavy atom. The average molecular weight is 279 g/mol. The third-order valence-electron chi connectivity index (χ3n) is 3.70. The SMILES string of the molecule is CCCNC(c1cc(OC)ccc1OC)C(C)CCC. The van der Waals surface area contributed by atoms with Gasteiger partial charge in [-0.05, 0) is 43.5 Å². The lowest BCUT2D eigenvalue weighted by molar-refractivity contribution is 0.339. The Morgan fingerprint density at radius 1 is 1.10 bits per heavy atom. The summed E-state index contributed by atoms with van der Waals surface area (Å²) in [5.74, 6) is 2.38. The summed E-state index contributed by atoms with van der Waals surface area (Å²) in [5.41, 5.74) is 1.20. The van der Waals surface area contributed by atoms with E-state index in [1.165, 1.54) is 18.4 Å². The minimum absolute atomic E-state index is 0.306. The zero-order valence-corrected chi connectivity index (χ0v) is 13.5. The number of ether oxygens (including phenoxy) is 2. The highest BCUT2D eigenvalue weighted by atomic mass is 16.5.